The SMILES string of the molecule is CNC(=O)c1ccc2c(c1)CCc1cc(C(=O)NC)ccc1C2(C[C@@H](C)NCC(=O)N1CCCC1C#N)c1ncn[nH]1. The van der Waals surface area contributed by atoms with Crippen LogP contribution in [0.5, 0.6) is 0 Å². The van der Waals surface area contributed by atoms with Crippen molar-refractivity contribution in [2.24, 2.45) is 0 Å². The summed E-state index contributed by atoms with van der Waals surface area (Å²) in [5.41, 5.74) is 4.29. The predicted octanol–water partition coefficient (Wildman–Crippen LogP) is 1.84. The molecule has 4 N–H and O–H groups in total. The zero-order valence-electron chi connectivity index (χ0n) is 24.2. The molecule has 0 saturated carbocycles. The van der Waals surface area contributed by atoms with E-state index in [0.29, 0.717) is 49.2 Å². The summed E-state index contributed by atoms with van der Waals surface area (Å²) in [7, 11) is 3.22. The van der Waals surface area contributed by atoms with E-state index in [1.807, 2.05) is 43.3 Å². The van der Waals surface area contributed by atoms with E-state index in [1.54, 1.807) is 19.0 Å². The Labute approximate surface area is 245 Å². The summed E-state index contributed by atoms with van der Waals surface area (Å²) in [6, 6.07) is 13.2. The van der Waals surface area contributed by atoms with Gasteiger partial charge in [0.25, 0.3) is 11.8 Å². The molecule has 1 saturated heterocycles. The molecule has 11 heteroatoms. The number of hydrogen-bond donors (Lipinski definition) is 4. The summed E-state index contributed by atoms with van der Waals surface area (Å²) in [4.78, 5) is 44.5. The summed E-state index contributed by atoms with van der Waals surface area (Å²) >= 11 is 0. The highest BCUT2D eigenvalue weighted by atomic mass is 16.2. The van der Waals surface area contributed by atoms with E-state index in [4.69, 9.17) is 0 Å². The molecule has 218 valence electrons. The molecule has 2 aliphatic rings. The van der Waals surface area contributed by atoms with Crippen LogP contribution >= 0.6 is 0 Å². The van der Waals surface area contributed by atoms with E-state index < -0.39 is 5.41 Å². The number of nitrogens with zero attached hydrogens (tertiary/aromatic N) is 4. The number of rotatable bonds is 8. The first-order valence-electron chi connectivity index (χ1n) is 14.3. The monoisotopic (exact) mass is 568 g/mol. The van der Waals surface area contributed by atoms with Gasteiger partial charge in [-0.1, -0.05) is 12.1 Å². The Balaban J connectivity index is 1.59. The van der Waals surface area contributed by atoms with Crippen molar-refractivity contribution in [3.63, 3.8) is 0 Å². The van der Waals surface area contributed by atoms with Crippen LogP contribution in [0.1, 0.15) is 75.0 Å². The van der Waals surface area contributed by atoms with Crippen LogP contribution in [-0.4, -0.2) is 77.1 Å². The van der Waals surface area contributed by atoms with Crippen LogP contribution in [0.4, 0.5) is 0 Å². The van der Waals surface area contributed by atoms with Crippen molar-refractivity contribution in [1.82, 2.24) is 36.0 Å². The number of carbonyl (C=O) groups is 3. The zero-order chi connectivity index (χ0) is 29.9. The zero-order valence-corrected chi connectivity index (χ0v) is 24.2. The molecular weight excluding hydrogens is 532 g/mol. The molecular formula is C31H36N8O3. The molecule has 11 nitrogen and oxygen atoms in total. The fourth-order valence-corrected chi connectivity index (χ4v) is 6.50. The molecule has 0 radical (unpaired) electrons. The number of aromatic amines is 1. The van der Waals surface area contributed by atoms with Gasteiger partial charge in [0.05, 0.1) is 18.0 Å². The number of benzene rings is 2. The van der Waals surface area contributed by atoms with Gasteiger partial charge >= 0.3 is 0 Å². The number of hydrogen-bond acceptors (Lipinski definition) is 7. The first kappa shape index (κ1) is 29.0. The van der Waals surface area contributed by atoms with Crippen LogP contribution in [0.3, 0.4) is 0 Å². The van der Waals surface area contributed by atoms with Crippen molar-refractivity contribution >= 4 is 17.7 Å². The number of aromatic nitrogens is 3. The Morgan fingerprint density at radius 2 is 1.69 bits per heavy atom. The number of amides is 3. The summed E-state index contributed by atoms with van der Waals surface area (Å²) < 4.78 is 0. The maximum Gasteiger partial charge on any atom is 0.251 e. The second-order valence-corrected chi connectivity index (χ2v) is 11.0. The third kappa shape index (κ3) is 5.25. The van der Waals surface area contributed by atoms with Gasteiger partial charge in [-0.3, -0.25) is 19.5 Å². The Bertz CT molecular complexity index is 1460. The lowest BCUT2D eigenvalue weighted by Gasteiger charge is -2.37. The number of carbonyl (C=O) groups excluding carboxylic acids is 3. The van der Waals surface area contributed by atoms with Crippen LogP contribution in [-0.2, 0) is 23.1 Å². The van der Waals surface area contributed by atoms with Crippen LogP contribution in [0, 0.1) is 11.3 Å². The standard InChI is InChI=1S/C31H36N8O3/c1-19(35-17-27(40)39-12-4-5-24(39)16-32)15-31(30-36-18-37-38-30)25-10-8-22(28(41)33-2)13-20(25)6-7-21-14-23(29(42)34-3)9-11-26(21)31/h8-11,13-14,18-19,24,35H,4-7,12,15,17H2,1-3H3,(H,33,41)(H,34,42)(H,36,37,38)/t19-,24?/m1/s1. The highest BCUT2D eigenvalue weighted by molar-refractivity contribution is 5.95. The number of aryl methyl sites for hydroxylation is 2. The number of likely N-dealkylation sites (tertiary alicyclic amines) is 1. The maximum absolute atomic E-state index is 13.0. The summed E-state index contributed by atoms with van der Waals surface area (Å²) in [5, 5.41) is 25.6. The molecule has 0 bridgehead atoms. The topological polar surface area (TPSA) is 156 Å². The van der Waals surface area contributed by atoms with Gasteiger partial charge in [0, 0.05) is 37.8 Å². The van der Waals surface area contributed by atoms with Crippen molar-refractivity contribution in [3.8, 4) is 6.07 Å². The largest absolute Gasteiger partial charge is 0.355 e. The fourth-order valence-electron chi connectivity index (χ4n) is 6.50. The van der Waals surface area contributed by atoms with Gasteiger partial charge in [-0.2, -0.15) is 10.4 Å². The molecule has 1 aromatic heterocycles. The maximum atomic E-state index is 13.0. The predicted molar refractivity (Wildman–Crippen MR) is 156 cm³/mol. The highest BCUT2D eigenvalue weighted by Gasteiger charge is 2.45. The Hall–Kier alpha value is -4.56. The fraction of sp³-hybridized carbons (Fsp3) is 0.419. The molecule has 3 aromatic rings. The molecule has 2 heterocycles. The van der Waals surface area contributed by atoms with Crippen molar-refractivity contribution in [1.29, 1.82) is 5.26 Å². The Morgan fingerprint density at radius 1 is 1.07 bits per heavy atom. The molecule has 0 spiro atoms. The average molecular weight is 569 g/mol. The van der Waals surface area contributed by atoms with Crippen LogP contribution < -0.4 is 16.0 Å². The minimum Gasteiger partial charge on any atom is -0.355 e. The Morgan fingerprint density at radius 3 is 2.21 bits per heavy atom. The van der Waals surface area contributed by atoms with Crippen molar-refractivity contribution < 1.29 is 14.4 Å². The van der Waals surface area contributed by atoms with Crippen LogP contribution in [0.25, 0.3) is 0 Å². The molecule has 2 atom stereocenters. The van der Waals surface area contributed by atoms with Crippen molar-refractivity contribution in [2.75, 3.05) is 27.2 Å². The van der Waals surface area contributed by atoms with Gasteiger partial charge in [-0.05, 0) is 85.5 Å². The first-order chi connectivity index (χ1) is 20.3. The number of fused-ring (bicyclic) bond motifs is 2. The molecule has 5 rings (SSSR count). The molecule has 3 amide bonds. The number of nitrogens with one attached hydrogen (secondary N) is 4. The molecule has 1 aliphatic heterocycles. The normalized spacial score (nSPS) is 17.8. The molecule has 1 unspecified atom stereocenters. The summed E-state index contributed by atoms with van der Waals surface area (Å²) in [6.07, 6.45) is 4.84. The van der Waals surface area contributed by atoms with Crippen molar-refractivity contribution in [2.45, 2.75) is 56.5 Å². The van der Waals surface area contributed by atoms with Gasteiger partial charge in [0.15, 0.2) is 0 Å². The van der Waals surface area contributed by atoms with Crippen LogP contribution in [0.2, 0.25) is 0 Å². The highest BCUT2D eigenvalue weighted by Crippen LogP contribution is 2.47. The number of nitriles is 1. The number of H-pyrrole nitrogens is 1. The van der Waals surface area contributed by atoms with E-state index in [1.165, 1.54) is 6.33 Å². The Kier molecular flexibility index (Phi) is 8.36. The van der Waals surface area contributed by atoms with Gasteiger partial charge in [0.2, 0.25) is 5.91 Å². The van der Waals surface area contributed by atoms with Gasteiger partial charge in [-0.15, -0.1) is 0 Å². The third-order valence-electron chi connectivity index (χ3n) is 8.53. The minimum absolute atomic E-state index is 0.0910. The summed E-state index contributed by atoms with van der Waals surface area (Å²) in [5.74, 6) is 0.207. The molecule has 2 aromatic carbocycles. The molecule has 1 fully saturated rings. The van der Waals surface area contributed by atoms with Gasteiger partial charge < -0.3 is 20.9 Å². The van der Waals surface area contributed by atoms with Gasteiger partial charge in [0.1, 0.15) is 18.2 Å². The van der Waals surface area contributed by atoms with E-state index in [2.05, 4.69) is 37.2 Å². The second-order valence-electron chi connectivity index (χ2n) is 11.0. The third-order valence-corrected chi connectivity index (χ3v) is 8.53. The minimum atomic E-state index is -0.821. The van der Waals surface area contributed by atoms with E-state index in [-0.39, 0.29) is 36.3 Å². The lowest BCUT2D eigenvalue weighted by atomic mass is 9.67. The van der Waals surface area contributed by atoms with E-state index >= 15 is 0 Å². The molecule has 42 heavy (non-hydrogen) atoms. The van der Waals surface area contributed by atoms with Crippen molar-refractivity contribution in [3.05, 3.63) is 81.9 Å². The average Bonchev–Trinajstić information content (AvgIpc) is 3.71. The van der Waals surface area contributed by atoms with Gasteiger partial charge in [-0.25, -0.2) is 4.98 Å². The quantitative estimate of drug-likeness (QED) is 0.323. The van der Waals surface area contributed by atoms with Crippen LogP contribution in [0.15, 0.2) is 42.7 Å². The second kappa shape index (κ2) is 12.1. The van der Waals surface area contributed by atoms with E-state index in [9.17, 15) is 19.6 Å². The lowest BCUT2D eigenvalue weighted by molar-refractivity contribution is -0.130. The first-order valence-corrected chi connectivity index (χ1v) is 14.3. The molecule has 1 aliphatic carbocycles. The lowest BCUT2D eigenvalue weighted by Crippen LogP contribution is -2.45. The summed E-state index contributed by atoms with van der Waals surface area (Å²) in [6.45, 7) is 2.73. The smallest absolute Gasteiger partial charge is 0.251 e. The van der Waals surface area contributed by atoms with E-state index in [0.717, 1.165) is 28.7 Å².